The van der Waals surface area contributed by atoms with Crippen LogP contribution in [0, 0.1) is 17.8 Å². The van der Waals surface area contributed by atoms with Crippen molar-refractivity contribution in [3.63, 3.8) is 0 Å². The highest BCUT2D eigenvalue weighted by Crippen LogP contribution is 2.54. The number of fused-ring (bicyclic) bond motifs is 3. The van der Waals surface area contributed by atoms with Crippen molar-refractivity contribution in [2.45, 2.75) is 82.9 Å². The lowest BCUT2D eigenvalue weighted by Gasteiger charge is -2.50. The number of aliphatic hydroxyl groups is 3. The Kier molecular flexibility index (Phi) is 11.3. The van der Waals surface area contributed by atoms with E-state index in [1.165, 1.54) is 25.1 Å². The highest BCUT2D eigenvalue weighted by Gasteiger charge is 2.64. The zero-order valence-corrected chi connectivity index (χ0v) is 32.2. The molecule has 0 spiro atoms. The number of anilines is 2. The molecule has 4 aliphatic rings. The Morgan fingerprint density at radius 2 is 1.64 bits per heavy atom. The normalized spacial score (nSPS) is 24.1. The second-order valence-electron chi connectivity index (χ2n) is 16.1. The van der Waals surface area contributed by atoms with Gasteiger partial charge < -0.3 is 45.9 Å². The second kappa shape index (κ2) is 15.2. The van der Waals surface area contributed by atoms with Gasteiger partial charge in [-0.15, -0.1) is 0 Å². The summed E-state index contributed by atoms with van der Waals surface area (Å²) < 4.78 is 10.4. The number of primary amides is 1. The fraction of sp³-hybridized carbons (Fsp3) is 0.579. The first kappa shape index (κ1) is 41.0. The summed E-state index contributed by atoms with van der Waals surface area (Å²) in [4.78, 5) is 83.2. The van der Waals surface area contributed by atoms with Crippen LogP contribution in [-0.4, -0.2) is 124 Å². The highest BCUT2D eigenvalue weighted by atomic mass is 16.7. The van der Waals surface area contributed by atoms with Gasteiger partial charge >= 0.3 is 12.1 Å². The molecule has 0 heterocycles. The first-order chi connectivity index (χ1) is 25.6. The third kappa shape index (κ3) is 7.34. The van der Waals surface area contributed by atoms with Gasteiger partial charge in [-0.25, -0.2) is 4.79 Å². The van der Waals surface area contributed by atoms with Crippen molar-refractivity contribution < 1.29 is 58.7 Å². The standard InChI is InChI=1S/C38H51N5O12/c1-37(2,3)43(36(52)55-17-54-35(51)18-11-9-8-10-12-18)16-24(44)40-22-15-23(41(4)5)20-13-19-14-21-28(42(6)7)31(47)27(34(39)50)33(49)38(21,53)32(48)25(19)30(46)26(20)29(22)45/h15,18-19,21,28,45-46,49,53H,8-14,16-17H2,1-7H3,(H2,39,50)(H,40,44)/t19-,21-,28-,38-/m0/s1. The number of amides is 3. The van der Waals surface area contributed by atoms with Crippen LogP contribution in [0.2, 0.25) is 0 Å². The van der Waals surface area contributed by atoms with E-state index in [0.717, 1.165) is 24.2 Å². The summed E-state index contributed by atoms with van der Waals surface area (Å²) in [6.45, 7) is 3.80. The third-order valence-electron chi connectivity index (χ3n) is 11.1. The summed E-state index contributed by atoms with van der Waals surface area (Å²) in [7, 11) is 6.41. The van der Waals surface area contributed by atoms with E-state index in [1.54, 1.807) is 39.8 Å². The summed E-state index contributed by atoms with van der Waals surface area (Å²) in [6, 6.07) is 0.245. The molecule has 0 aliphatic heterocycles. The van der Waals surface area contributed by atoms with Crippen molar-refractivity contribution in [2.24, 2.45) is 23.5 Å². The number of phenols is 1. The Morgan fingerprint density at radius 1 is 1.00 bits per heavy atom. The smallest absolute Gasteiger partial charge is 0.413 e. The van der Waals surface area contributed by atoms with Crippen molar-refractivity contribution in [1.82, 2.24) is 9.80 Å². The number of Topliss-reactive ketones (excluding diaryl/α,β-unsaturated/α-hetero) is 2. The minimum atomic E-state index is -2.81. The van der Waals surface area contributed by atoms with Gasteiger partial charge in [0.15, 0.2) is 11.4 Å². The fourth-order valence-electron chi connectivity index (χ4n) is 8.37. The van der Waals surface area contributed by atoms with Crippen LogP contribution >= 0.6 is 0 Å². The Balaban J connectivity index is 1.45. The number of nitrogens with zero attached hydrogens (tertiary/aromatic N) is 3. The molecular weight excluding hydrogens is 718 g/mol. The molecule has 2 saturated carbocycles. The Labute approximate surface area is 318 Å². The van der Waals surface area contributed by atoms with Crippen molar-refractivity contribution in [2.75, 3.05) is 51.7 Å². The van der Waals surface area contributed by atoms with Gasteiger partial charge in [0.05, 0.1) is 23.2 Å². The maximum atomic E-state index is 14.3. The molecule has 0 unspecified atom stereocenters. The van der Waals surface area contributed by atoms with Gasteiger partial charge in [0.25, 0.3) is 5.91 Å². The lowest BCUT2D eigenvalue weighted by Crippen LogP contribution is -2.65. The van der Waals surface area contributed by atoms with Crippen LogP contribution in [0.1, 0.15) is 70.4 Å². The van der Waals surface area contributed by atoms with E-state index in [0.29, 0.717) is 24.1 Å². The van der Waals surface area contributed by atoms with Crippen LogP contribution in [0.15, 0.2) is 23.0 Å². The van der Waals surface area contributed by atoms with Crippen molar-refractivity contribution in [3.05, 3.63) is 34.1 Å². The van der Waals surface area contributed by atoms with E-state index < -0.39 is 101 Å². The number of ether oxygens (including phenoxy) is 2. The number of phenolic OH excluding ortho intramolecular Hbond substituents is 1. The lowest BCUT2D eigenvalue weighted by molar-refractivity contribution is -0.159. The van der Waals surface area contributed by atoms with Gasteiger partial charge in [0.1, 0.15) is 29.4 Å². The van der Waals surface area contributed by atoms with Crippen LogP contribution in [-0.2, 0) is 39.9 Å². The average Bonchev–Trinajstić information content (AvgIpc) is 3.09. The molecule has 1 aromatic rings. The minimum absolute atomic E-state index is 0.0405. The van der Waals surface area contributed by atoms with Crippen molar-refractivity contribution in [3.8, 4) is 5.75 Å². The van der Waals surface area contributed by atoms with Crippen LogP contribution in [0.4, 0.5) is 16.2 Å². The summed E-state index contributed by atoms with van der Waals surface area (Å²) in [5.74, 6) is -9.41. The van der Waals surface area contributed by atoms with Crippen LogP contribution in [0.25, 0.3) is 5.76 Å². The monoisotopic (exact) mass is 769 g/mol. The molecule has 300 valence electrons. The quantitative estimate of drug-likeness (QED) is 0.0913. The molecule has 2 fully saturated rings. The molecule has 55 heavy (non-hydrogen) atoms. The number of carbonyl (C=O) groups excluding carboxylic acids is 6. The number of aliphatic hydroxyl groups excluding tert-OH is 2. The predicted molar refractivity (Wildman–Crippen MR) is 198 cm³/mol. The van der Waals surface area contributed by atoms with E-state index in [9.17, 15) is 49.2 Å². The molecule has 0 radical (unpaired) electrons. The summed E-state index contributed by atoms with van der Waals surface area (Å²) in [5.41, 5.74) is 0.823. The van der Waals surface area contributed by atoms with E-state index in [2.05, 4.69) is 5.32 Å². The topological polar surface area (TPSA) is 250 Å². The molecule has 4 aliphatic carbocycles. The van der Waals surface area contributed by atoms with E-state index in [4.69, 9.17) is 15.2 Å². The van der Waals surface area contributed by atoms with Crippen LogP contribution < -0.4 is 16.0 Å². The number of nitrogens with one attached hydrogen (secondary N) is 1. The summed E-state index contributed by atoms with van der Waals surface area (Å²) in [6.07, 6.45) is 3.33. The van der Waals surface area contributed by atoms with Crippen LogP contribution in [0.3, 0.4) is 0 Å². The number of ketones is 2. The van der Waals surface area contributed by atoms with Gasteiger partial charge in [-0.1, -0.05) is 19.3 Å². The number of aromatic hydroxyl groups is 1. The molecule has 4 atom stereocenters. The number of rotatable bonds is 9. The number of hydrogen-bond donors (Lipinski definition) is 6. The Morgan fingerprint density at radius 3 is 2.20 bits per heavy atom. The van der Waals surface area contributed by atoms with E-state index in [1.807, 2.05) is 0 Å². The number of likely N-dealkylation sites (N-methyl/N-ethyl adjacent to an activating group) is 1. The molecule has 0 saturated heterocycles. The number of carbonyl (C=O) groups is 6. The maximum Gasteiger partial charge on any atom is 0.413 e. The van der Waals surface area contributed by atoms with E-state index >= 15 is 0 Å². The Bertz CT molecular complexity index is 1870. The minimum Gasteiger partial charge on any atom is -0.508 e. The van der Waals surface area contributed by atoms with Gasteiger partial charge in [-0.3, -0.25) is 33.8 Å². The molecule has 7 N–H and O–H groups in total. The molecule has 1 aromatic carbocycles. The van der Waals surface area contributed by atoms with Gasteiger partial charge in [0.2, 0.25) is 18.5 Å². The fourth-order valence-corrected chi connectivity index (χ4v) is 8.37. The SMILES string of the molecule is CN(C)c1cc(NC(=O)CN(C(=O)OCOC(=O)C2CCCCC2)C(C)(C)C)c(O)c2c1C[C@H]1C[C@H]3[C@H](N(C)C)C(=O)C(C(N)=O)=C(O)[C@@]3(O)C(=O)C1=C2O. The van der Waals surface area contributed by atoms with E-state index in [-0.39, 0.29) is 35.6 Å². The number of esters is 1. The lowest BCUT2D eigenvalue weighted by atomic mass is 9.57. The zero-order chi connectivity index (χ0) is 40.9. The second-order valence-corrected chi connectivity index (χ2v) is 16.1. The van der Waals surface area contributed by atoms with Crippen molar-refractivity contribution >= 4 is 52.6 Å². The highest BCUT2D eigenvalue weighted by molar-refractivity contribution is 6.24. The van der Waals surface area contributed by atoms with Gasteiger partial charge in [-0.2, -0.15) is 0 Å². The van der Waals surface area contributed by atoms with Crippen LogP contribution in [0.5, 0.6) is 5.75 Å². The first-order valence-electron chi connectivity index (χ1n) is 18.2. The molecule has 0 aromatic heterocycles. The zero-order valence-electron chi connectivity index (χ0n) is 32.2. The van der Waals surface area contributed by atoms with Crippen molar-refractivity contribution in [1.29, 1.82) is 0 Å². The third-order valence-corrected chi connectivity index (χ3v) is 11.1. The largest absolute Gasteiger partial charge is 0.508 e. The number of nitrogens with two attached hydrogens (primary N) is 1. The molecule has 17 nitrogen and oxygen atoms in total. The Hall–Kier alpha value is -5.16. The molecular formula is C38H51N5O12. The number of benzene rings is 1. The maximum absolute atomic E-state index is 14.3. The molecule has 3 amide bonds. The average molecular weight is 770 g/mol. The van der Waals surface area contributed by atoms with Gasteiger partial charge in [-0.05, 0) is 78.1 Å². The molecule has 17 heteroatoms. The summed E-state index contributed by atoms with van der Waals surface area (Å²) >= 11 is 0. The predicted octanol–water partition coefficient (Wildman–Crippen LogP) is 2.29. The summed E-state index contributed by atoms with van der Waals surface area (Å²) in [5, 5.41) is 49.0. The number of hydrogen-bond acceptors (Lipinski definition) is 14. The van der Waals surface area contributed by atoms with Gasteiger partial charge in [0, 0.05) is 36.8 Å². The molecule has 5 rings (SSSR count). The molecule has 0 bridgehead atoms. The first-order valence-corrected chi connectivity index (χ1v) is 18.2.